The van der Waals surface area contributed by atoms with Gasteiger partial charge in [-0.3, -0.25) is 13.9 Å². The lowest BCUT2D eigenvalue weighted by Crippen LogP contribution is -2.10. The number of hydrogen-bond donors (Lipinski definition) is 4. The number of carbonyl (C=O) groups excluding carboxylic acids is 1. The molecule has 1 aliphatic heterocycles. The van der Waals surface area contributed by atoms with Crippen LogP contribution in [0.3, 0.4) is 0 Å². The summed E-state index contributed by atoms with van der Waals surface area (Å²) in [5.41, 5.74) is 2.78. The van der Waals surface area contributed by atoms with E-state index in [0.29, 0.717) is 22.5 Å². The molecule has 0 amide bonds. The number of carbonyl (C=O) groups is 1. The topological polar surface area (TPSA) is 140 Å². The van der Waals surface area contributed by atoms with Crippen molar-refractivity contribution in [1.29, 1.82) is 0 Å². The van der Waals surface area contributed by atoms with E-state index in [1.807, 2.05) is 36.4 Å². The lowest BCUT2D eigenvalue weighted by atomic mass is 10.0. The largest absolute Gasteiger partial charge is 0.494 e. The molecule has 0 saturated heterocycles. The van der Waals surface area contributed by atoms with Crippen LogP contribution < -0.4 is 0 Å². The summed E-state index contributed by atoms with van der Waals surface area (Å²) in [6, 6.07) is 14.6. The molecule has 128 valence electrons. The number of ketones is 1. The summed E-state index contributed by atoms with van der Waals surface area (Å²) >= 11 is 0. The second-order valence-corrected chi connectivity index (χ2v) is 6.04. The minimum absolute atomic E-state index is 0.0221. The summed E-state index contributed by atoms with van der Waals surface area (Å²) in [5.74, 6) is -0.174. The number of rotatable bonds is 1. The van der Waals surface area contributed by atoms with Gasteiger partial charge in [-0.1, -0.05) is 30.3 Å². The van der Waals surface area contributed by atoms with Gasteiger partial charge in [-0.2, -0.15) is 8.42 Å². The highest BCUT2D eigenvalue weighted by atomic mass is 32.3. The van der Waals surface area contributed by atoms with Crippen LogP contribution in [0.5, 0.6) is 5.88 Å². The van der Waals surface area contributed by atoms with Crippen molar-refractivity contribution in [3.63, 3.8) is 0 Å². The van der Waals surface area contributed by atoms with Crippen LogP contribution in [-0.2, 0) is 10.4 Å². The molecule has 0 radical (unpaired) electrons. The van der Waals surface area contributed by atoms with E-state index >= 15 is 0 Å². The summed E-state index contributed by atoms with van der Waals surface area (Å²) in [6.07, 6.45) is 0. The van der Waals surface area contributed by atoms with Gasteiger partial charge in [-0.05, 0) is 18.2 Å². The molecule has 4 N–H and O–H groups in total. The molecule has 1 aromatic heterocycles. The van der Waals surface area contributed by atoms with Gasteiger partial charge in [0.25, 0.3) is 0 Å². The predicted molar refractivity (Wildman–Crippen MR) is 91.1 cm³/mol. The molecular formula is C16H12N2O6S. The summed E-state index contributed by atoms with van der Waals surface area (Å²) < 4.78 is 31.6. The predicted octanol–water partition coefficient (Wildman–Crippen LogP) is 2.54. The number of aromatic amines is 1. The average Bonchev–Trinajstić information content (AvgIpc) is 3.02. The van der Waals surface area contributed by atoms with Crippen LogP contribution in [0, 0.1) is 0 Å². The van der Waals surface area contributed by atoms with E-state index in [1.165, 1.54) is 0 Å². The van der Waals surface area contributed by atoms with E-state index < -0.39 is 10.4 Å². The van der Waals surface area contributed by atoms with E-state index in [-0.39, 0.29) is 11.7 Å². The van der Waals surface area contributed by atoms with Crippen LogP contribution >= 0.6 is 0 Å². The molecule has 2 aromatic carbocycles. The first-order valence-corrected chi connectivity index (χ1v) is 8.38. The highest BCUT2D eigenvalue weighted by Crippen LogP contribution is 2.34. The van der Waals surface area contributed by atoms with Crippen molar-refractivity contribution in [2.24, 2.45) is 4.99 Å². The molecule has 2 heterocycles. The Hall–Kier alpha value is -3.01. The number of benzene rings is 2. The summed E-state index contributed by atoms with van der Waals surface area (Å²) in [6.45, 7) is 0. The molecular weight excluding hydrogens is 348 g/mol. The summed E-state index contributed by atoms with van der Waals surface area (Å²) in [5, 5.41) is 10.9. The average molecular weight is 360 g/mol. The molecule has 3 aromatic rings. The molecule has 0 aliphatic carbocycles. The van der Waals surface area contributed by atoms with Gasteiger partial charge in [0.05, 0.1) is 11.3 Å². The van der Waals surface area contributed by atoms with Crippen molar-refractivity contribution < 1.29 is 27.4 Å². The maximum atomic E-state index is 12.4. The SMILES string of the molecule is O=C1C(c2c(O)[nH]c3ccccc23)=Nc2ccccc21.O=S(=O)(O)O. The van der Waals surface area contributed by atoms with Crippen molar-refractivity contribution in [2.45, 2.75) is 0 Å². The Bertz CT molecular complexity index is 1110. The van der Waals surface area contributed by atoms with E-state index in [0.717, 1.165) is 10.9 Å². The second kappa shape index (κ2) is 6.13. The first-order valence-electron chi connectivity index (χ1n) is 6.98. The summed E-state index contributed by atoms with van der Waals surface area (Å²) in [4.78, 5) is 19.7. The molecule has 0 bridgehead atoms. The Labute approximate surface area is 142 Å². The quantitative estimate of drug-likeness (QED) is 0.492. The number of aliphatic imine (C=N–C) groups is 1. The molecule has 1 aliphatic rings. The maximum absolute atomic E-state index is 12.4. The highest BCUT2D eigenvalue weighted by molar-refractivity contribution is 7.79. The van der Waals surface area contributed by atoms with Gasteiger partial charge in [-0.25, -0.2) is 4.99 Å². The standard InChI is InChI=1S/C16H10N2O2.H2O4S/c19-15-10-6-2-4-8-12(10)17-14(15)13-9-5-1-3-7-11(9)18-16(13)20;1-5(2,3)4/h1-8,18,20H;(H2,1,2,3,4). The van der Waals surface area contributed by atoms with Crippen molar-refractivity contribution in [1.82, 2.24) is 4.98 Å². The van der Waals surface area contributed by atoms with Crippen LogP contribution in [0.4, 0.5) is 5.69 Å². The van der Waals surface area contributed by atoms with E-state index in [9.17, 15) is 9.90 Å². The number of aromatic hydroxyl groups is 1. The lowest BCUT2D eigenvalue weighted by Gasteiger charge is -1.98. The van der Waals surface area contributed by atoms with Crippen molar-refractivity contribution in [2.75, 3.05) is 0 Å². The molecule has 0 fully saturated rings. The molecule has 8 nitrogen and oxygen atoms in total. The Morgan fingerprint density at radius 2 is 1.56 bits per heavy atom. The molecule has 4 rings (SSSR count). The maximum Gasteiger partial charge on any atom is 0.394 e. The van der Waals surface area contributed by atoms with Gasteiger partial charge >= 0.3 is 10.4 Å². The minimum atomic E-state index is -4.67. The zero-order valence-electron chi connectivity index (χ0n) is 12.5. The fourth-order valence-corrected chi connectivity index (χ4v) is 2.60. The number of fused-ring (bicyclic) bond motifs is 2. The monoisotopic (exact) mass is 360 g/mol. The van der Waals surface area contributed by atoms with E-state index in [1.54, 1.807) is 12.1 Å². The molecule has 0 unspecified atom stereocenters. The van der Waals surface area contributed by atoms with Gasteiger partial charge in [0.15, 0.2) is 5.88 Å². The summed E-state index contributed by atoms with van der Waals surface area (Å²) in [7, 11) is -4.67. The second-order valence-electron chi connectivity index (χ2n) is 5.15. The van der Waals surface area contributed by atoms with Gasteiger partial charge in [0, 0.05) is 16.5 Å². The van der Waals surface area contributed by atoms with Gasteiger partial charge < -0.3 is 10.1 Å². The zero-order chi connectivity index (χ0) is 18.2. The van der Waals surface area contributed by atoms with Gasteiger partial charge in [0.1, 0.15) is 5.71 Å². The molecule has 25 heavy (non-hydrogen) atoms. The van der Waals surface area contributed by atoms with Crippen molar-refractivity contribution in [3.8, 4) is 5.88 Å². The molecule has 0 atom stereocenters. The number of Topliss-reactive ketones (excluding diaryl/α,β-unsaturated/α-hetero) is 1. The third-order valence-corrected chi connectivity index (χ3v) is 3.52. The van der Waals surface area contributed by atoms with Gasteiger partial charge in [0.2, 0.25) is 5.78 Å². The third kappa shape index (κ3) is 3.43. The van der Waals surface area contributed by atoms with E-state index in [2.05, 4.69) is 9.98 Å². The lowest BCUT2D eigenvalue weighted by molar-refractivity contribution is 0.107. The fourth-order valence-electron chi connectivity index (χ4n) is 2.60. The normalized spacial score (nSPS) is 13.2. The molecule has 0 spiro atoms. The first kappa shape index (κ1) is 16.8. The van der Waals surface area contributed by atoms with Crippen LogP contribution in [0.25, 0.3) is 10.9 Å². The Morgan fingerprint density at radius 3 is 2.24 bits per heavy atom. The van der Waals surface area contributed by atoms with Crippen LogP contribution in [0.2, 0.25) is 0 Å². The number of nitrogens with one attached hydrogen (secondary N) is 1. The van der Waals surface area contributed by atoms with Crippen LogP contribution in [-0.4, -0.2) is 39.1 Å². The van der Waals surface area contributed by atoms with Gasteiger partial charge in [-0.15, -0.1) is 0 Å². The van der Waals surface area contributed by atoms with Crippen molar-refractivity contribution in [3.05, 3.63) is 59.7 Å². The number of aromatic nitrogens is 1. The van der Waals surface area contributed by atoms with Crippen LogP contribution in [0.1, 0.15) is 15.9 Å². The smallest absolute Gasteiger partial charge is 0.394 e. The first-order chi connectivity index (χ1) is 11.8. The number of para-hydroxylation sites is 2. The molecule has 0 saturated carbocycles. The minimum Gasteiger partial charge on any atom is -0.494 e. The Balaban J connectivity index is 0.000000324. The number of nitrogens with zero attached hydrogens (tertiary/aromatic N) is 1. The Kier molecular flexibility index (Phi) is 4.13. The number of H-pyrrole nitrogens is 1. The van der Waals surface area contributed by atoms with Crippen molar-refractivity contribution >= 4 is 38.5 Å². The highest BCUT2D eigenvalue weighted by Gasteiger charge is 2.29. The fraction of sp³-hybridized carbons (Fsp3) is 0. The third-order valence-electron chi connectivity index (χ3n) is 3.52. The zero-order valence-corrected chi connectivity index (χ0v) is 13.4. The molecule has 9 heteroatoms. The number of hydrogen-bond acceptors (Lipinski definition) is 5. The Morgan fingerprint density at radius 1 is 0.960 bits per heavy atom. The van der Waals surface area contributed by atoms with Crippen LogP contribution in [0.15, 0.2) is 53.5 Å². The van der Waals surface area contributed by atoms with E-state index in [4.69, 9.17) is 17.5 Å².